The second-order valence-electron chi connectivity index (χ2n) is 5.38. The topological polar surface area (TPSA) is 62.7 Å². The number of rotatable bonds is 6. The standard InChI is InChI=1S/C19H22FN3O2/c1-21-19(23-13-16-5-3-4-6-17(16)20)22-12-11-14-7-9-15(10-8-14)18(24)25-2/h3-10H,11-13H2,1-2H3,(H2,21,22,23). The molecule has 2 N–H and O–H groups in total. The molecule has 2 rings (SSSR count). The molecule has 2 aromatic carbocycles. The Kier molecular flexibility index (Phi) is 6.95. The van der Waals surface area contributed by atoms with Crippen LogP contribution in [0.3, 0.4) is 0 Å². The highest BCUT2D eigenvalue weighted by Crippen LogP contribution is 2.07. The van der Waals surface area contributed by atoms with Crippen LogP contribution in [0.4, 0.5) is 4.39 Å². The van der Waals surface area contributed by atoms with Gasteiger partial charge >= 0.3 is 5.97 Å². The highest BCUT2D eigenvalue weighted by Gasteiger charge is 2.05. The van der Waals surface area contributed by atoms with Crippen LogP contribution in [0, 0.1) is 5.82 Å². The number of nitrogens with zero attached hydrogens (tertiary/aromatic N) is 1. The van der Waals surface area contributed by atoms with Crippen molar-refractivity contribution in [2.45, 2.75) is 13.0 Å². The van der Waals surface area contributed by atoms with E-state index in [2.05, 4.69) is 20.4 Å². The molecule has 0 aliphatic heterocycles. The van der Waals surface area contributed by atoms with E-state index in [0.717, 1.165) is 12.0 Å². The lowest BCUT2D eigenvalue weighted by molar-refractivity contribution is 0.0600. The molecule has 0 aliphatic rings. The Morgan fingerprint density at radius 1 is 1.12 bits per heavy atom. The first kappa shape index (κ1) is 18.4. The van der Waals surface area contributed by atoms with Crippen molar-refractivity contribution in [3.8, 4) is 0 Å². The van der Waals surface area contributed by atoms with Gasteiger partial charge in [0.05, 0.1) is 12.7 Å². The number of carbonyl (C=O) groups is 1. The van der Waals surface area contributed by atoms with E-state index >= 15 is 0 Å². The number of nitrogens with one attached hydrogen (secondary N) is 2. The van der Waals surface area contributed by atoms with Gasteiger partial charge in [0.25, 0.3) is 0 Å². The van der Waals surface area contributed by atoms with Gasteiger partial charge in [0, 0.05) is 25.7 Å². The van der Waals surface area contributed by atoms with Crippen molar-refractivity contribution in [3.63, 3.8) is 0 Å². The number of hydrogen-bond donors (Lipinski definition) is 2. The second kappa shape index (κ2) is 9.42. The van der Waals surface area contributed by atoms with Crippen LogP contribution in [0.25, 0.3) is 0 Å². The lowest BCUT2D eigenvalue weighted by atomic mass is 10.1. The number of guanidine groups is 1. The van der Waals surface area contributed by atoms with Crippen molar-refractivity contribution in [2.24, 2.45) is 4.99 Å². The Balaban J connectivity index is 1.79. The van der Waals surface area contributed by atoms with Gasteiger partial charge in [-0.25, -0.2) is 9.18 Å². The van der Waals surface area contributed by atoms with Gasteiger partial charge in [-0.05, 0) is 30.2 Å². The molecule has 0 unspecified atom stereocenters. The maximum absolute atomic E-state index is 13.6. The summed E-state index contributed by atoms with van der Waals surface area (Å²) in [7, 11) is 3.03. The minimum Gasteiger partial charge on any atom is -0.465 e. The average molecular weight is 343 g/mol. The number of esters is 1. The van der Waals surface area contributed by atoms with E-state index < -0.39 is 0 Å². The number of methoxy groups -OCH3 is 1. The normalized spacial score (nSPS) is 11.1. The van der Waals surface area contributed by atoms with Crippen molar-refractivity contribution in [2.75, 3.05) is 20.7 Å². The van der Waals surface area contributed by atoms with Gasteiger partial charge < -0.3 is 15.4 Å². The first-order chi connectivity index (χ1) is 12.1. The molecule has 0 aromatic heterocycles. The van der Waals surface area contributed by atoms with E-state index in [-0.39, 0.29) is 11.8 Å². The maximum atomic E-state index is 13.6. The largest absolute Gasteiger partial charge is 0.465 e. The SMILES string of the molecule is CN=C(NCCc1ccc(C(=O)OC)cc1)NCc1ccccc1F. The Morgan fingerprint density at radius 2 is 1.84 bits per heavy atom. The van der Waals surface area contributed by atoms with Crippen LogP contribution in [0.15, 0.2) is 53.5 Å². The quantitative estimate of drug-likeness (QED) is 0.481. The van der Waals surface area contributed by atoms with Crippen molar-refractivity contribution in [1.82, 2.24) is 10.6 Å². The summed E-state index contributed by atoms with van der Waals surface area (Å²) in [6.45, 7) is 1.02. The lowest BCUT2D eigenvalue weighted by Gasteiger charge is -2.12. The van der Waals surface area contributed by atoms with Gasteiger partial charge in [-0.3, -0.25) is 4.99 Å². The highest BCUT2D eigenvalue weighted by atomic mass is 19.1. The third kappa shape index (κ3) is 5.60. The van der Waals surface area contributed by atoms with Crippen molar-refractivity contribution in [1.29, 1.82) is 0 Å². The molecule has 0 fully saturated rings. The fourth-order valence-electron chi connectivity index (χ4n) is 2.29. The fourth-order valence-corrected chi connectivity index (χ4v) is 2.29. The molecule has 0 aliphatic carbocycles. The van der Waals surface area contributed by atoms with Gasteiger partial charge in [-0.15, -0.1) is 0 Å². The number of halogens is 1. The van der Waals surface area contributed by atoms with Gasteiger partial charge in [-0.2, -0.15) is 0 Å². The summed E-state index contributed by atoms with van der Waals surface area (Å²) in [6.07, 6.45) is 0.766. The summed E-state index contributed by atoms with van der Waals surface area (Å²) in [5.74, 6) is 0.0213. The van der Waals surface area contributed by atoms with Crippen molar-refractivity contribution >= 4 is 11.9 Å². The molecule has 2 aromatic rings. The van der Waals surface area contributed by atoms with Crippen LogP contribution in [-0.4, -0.2) is 32.6 Å². The molecule has 25 heavy (non-hydrogen) atoms. The molecule has 5 nitrogen and oxygen atoms in total. The van der Waals surface area contributed by atoms with Crippen LogP contribution in [0.5, 0.6) is 0 Å². The van der Waals surface area contributed by atoms with Gasteiger partial charge in [0.15, 0.2) is 5.96 Å². The molecule has 132 valence electrons. The van der Waals surface area contributed by atoms with Gasteiger partial charge in [0.1, 0.15) is 5.82 Å². The van der Waals surface area contributed by atoms with Crippen molar-refractivity contribution < 1.29 is 13.9 Å². The van der Waals surface area contributed by atoms with Crippen molar-refractivity contribution in [3.05, 3.63) is 71.0 Å². The van der Waals surface area contributed by atoms with E-state index in [1.165, 1.54) is 13.2 Å². The number of benzene rings is 2. The summed E-state index contributed by atoms with van der Waals surface area (Å²) in [5.41, 5.74) is 2.20. The molecule has 6 heteroatoms. The maximum Gasteiger partial charge on any atom is 0.337 e. The molecular formula is C19H22FN3O2. The third-order valence-corrected chi connectivity index (χ3v) is 3.71. The van der Waals surface area contributed by atoms with Crippen LogP contribution in [-0.2, 0) is 17.7 Å². The number of hydrogen-bond acceptors (Lipinski definition) is 3. The number of carbonyl (C=O) groups excluding carboxylic acids is 1. The lowest BCUT2D eigenvalue weighted by Crippen LogP contribution is -2.38. The third-order valence-electron chi connectivity index (χ3n) is 3.71. The molecule has 0 bridgehead atoms. The van der Waals surface area contributed by atoms with Crippen LogP contribution >= 0.6 is 0 Å². The fraction of sp³-hybridized carbons (Fsp3) is 0.263. The molecular weight excluding hydrogens is 321 g/mol. The molecule has 0 amide bonds. The number of ether oxygens (including phenoxy) is 1. The Labute approximate surface area is 146 Å². The smallest absolute Gasteiger partial charge is 0.337 e. The predicted octanol–water partition coefficient (Wildman–Crippen LogP) is 2.52. The van der Waals surface area contributed by atoms with Crippen LogP contribution < -0.4 is 10.6 Å². The molecule has 0 saturated heterocycles. The highest BCUT2D eigenvalue weighted by molar-refractivity contribution is 5.89. The minimum atomic E-state index is -0.345. The van der Waals surface area contributed by atoms with Crippen LogP contribution in [0.2, 0.25) is 0 Å². The summed E-state index contributed by atoms with van der Waals surface area (Å²) in [6, 6.07) is 13.9. The van der Waals surface area contributed by atoms with E-state index in [1.807, 2.05) is 12.1 Å². The zero-order chi connectivity index (χ0) is 18.1. The first-order valence-corrected chi connectivity index (χ1v) is 7.99. The molecule has 0 radical (unpaired) electrons. The predicted molar refractivity (Wildman–Crippen MR) is 96.1 cm³/mol. The van der Waals surface area contributed by atoms with Crippen LogP contribution in [0.1, 0.15) is 21.5 Å². The summed E-state index contributed by atoms with van der Waals surface area (Å²) in [5, 5.41) is 6.26. The van der Waals surface area contributed by atoms with E-state index in [4.69, 9.17) is 0 Å². The van der Waals surface area contributed by atoms with E-state index in [0.29, 0.717) is 30.2 Å². The summed E-state index contributed by atoms with van der Waals surface area (Å²) in [4.78, 5) is 15.5. The first-order valence-electron chi connectivity index (χ1n) is 7.99. The van der Waals surface area contributed by atoms with E-state index in [1.54, 1.807) is 37.4 Å². The zero-order valence-corrected chi connectivity index (χ0v) is 14.4. The Bertz CT molecular complexity index is 730. The summed E-state index contributed by atoms with van der Waals surface area (Å²) >= 11 is 0. The molecule has 0 spiro atoms. The number of aliphatic imine (C=N–C) groups is 1. The molecule has 0 atom stereocenters. The van der Waals surface area contributed by atoms with E-state index in [9.17, 15) is 9.18 Å². The summed E-state index contributed by atoms with van der Waals surface area (Å²) < 4.78 is 18.3. The van der Waals surface area contributed by atoms with Gasteiger partial charge in [0.2, 0.25) is 0 Å². The Morgan fingerprint density at radius 3 is 2.48 bits per heavy atom. The molecule has 0 saturated carbocycles. The average Bonchev–Trinajstić information content (AvgIpc) is 2.65. The Hall–Kier alpha value is -2.89. The minimum absolute atomic E-state index is 0.240. The zero-order valence-electron chi connectivity index (χ0n) is 14.4. The monoisotopic (exact) mass is 343 g/mol. The van der Waals surface area contributed by atoms with Gasteiger partial charge in [-0.1, -0.05) is 30.3 Å². The second-order valence-corrected chi connectivity index (χ2v) is 5.38. The molecule has 0 heterocycles.